The Balaban J connectivity index is 1.41. The van der Waals surface area contributed by atoms with Crippen LogP contribution in [0.25, 0.3) is 0 Å². The molecular formula is C19H22N2O2S. The van der Waals surface area contributed by atoms with Crippen molar-refractivity contribution in [1.29, 1.82) is 0 Å². The molecule has 1 aromatic heterocycles. The Morgan fingerprint density at radius 3 is 2.83 bits per heavy atom. The van der Waals surface area contributed by atoms with Gasteiger partial charge < -0.3 is 10.0 Å². The van der Waals surface area contributed by atoms with E-state index in [9.17, 15) is 9.90 Å². The fourth-order valence-corrected chi connectivity index (χ4v) is 4.48. The maximum atomic E-state index is 12.5. The number of rotatable bonds is 3. The van der Waals surface area contributed by atoms with Gasteiger partial charge in [0.25, 0.3) is 0 Å². The topological polar surface area (TPSA) is 43.8 Å². The van der Waals surface area contributed by atoms with Crippen LogP contribution in [-0.2, 0) is 24.2 Å². The molecule has 0 spiro atoms. The average molecular weight is 342 g/mol. The second-order valence-electron chi connectivity index (χ2n) is 6.73. The molecular weight excluding hydrogens is 320 g/mol. The van der Waals surface area contributed by atoms with Crippen LogP contribution in [-0.4, -0.2) is 52.6 Å². The van der Waals surface area contributed by atoms with Crippen LogP contribution in [0.3, 0.4) is 0 Å². The van der Waals surface area contributed by atoms with Gasteiger partial charge in [-0.25, -0.2) is 0 Å². The number of aliphatic hydroxyl groups is 1. The van der Waals surface area contributed by atoms with E-state index in [1.165, 1.54) is 11.1 Å². The summed E-state index contributed by atoms with van der Waals surface area (Å²) < 4.78 is 0. The molecule has 2 aliphatic rings. The van der Waals surface area contributed by atoms with Crippen molar-refractivity contribution in [3.8, 4) is 0 Å². The molecule has 4 nitrogen and oxygen atoms in total. The molecule has 126 valence electrons. The third-order valence-corrected chi connectivity index (χ3v) is 5.91. The zero-order valence-electron chi connectivity index (χ0n) is 13.6. The van der Waals surface area contributed by atoms with Crippen LogP contribution in [0.4, 0.5) is 0 Å². The third kappa shape index (κ3) is 3.11. The Labute approximate surface area is 146 Å². The summed E-state index contributed by atoms with van der Waals surface area (Å²) in [6.07, 6.45) is 0.996. The lowest BCUT2D eigenvalue weighted by molar-refractivity contribution is -0.129. The van der Waals surface area contributed by atoms with Crippen LogP contribution in [0.2, 0.25) is 0 Å². The first kappa shape index (κ1) is 15.8. The van der Waals surface area contributed by atoms with Crippen molar-refractivity contribution in [3.63, 3.8) is 0 Å². The minimum absolute atomic E-state index is 0.0461. The summed E-state index contributed by atoms with van der Waals surface area (Å²) in [6.45, 7) is 2.90. The maximum absolute atomic E-state index is 12.5. The fourth-order valence-electron chi connectivity index (χ4n) is 3.81. The molecule has 2 aromatic rings. The second kappa shape index (κ2) is 6.67. The molecule has 1 fully saturated rings. The van der Waals surface area contributed by atoms with E-state index in [0.717, 1.165) is 25.1 Å². The molecule has 2 aliphatic heterocycles. The molecule has 2 atom stereocenters. The molecule has 1 N–H and O–H groups in total. The summed E-state index contributed by atoms with van der Waals surface area (Å²) in [5.74, 6) is 0.118. The summed E-state index contributed by atoms with van der Waals surface area (Å²) >= 11 is 1.61. The van der Waals surface area contributed by atoms with Crippen molar-refractivity contribution >= 4 is 17.2 Å². The van der Waals surface area contributed by atoms with Gasteiger partial charge in [0.1, 0.15) is 0 Å². The summed E-state index contributed by atoms with van der Waals surface area (Å²) in [5, 5.41) is 14.5. The van der Waals surface area contributed by atoms with Gasteiger partial charge >= 0.3 is 0 Å². The highest BCUT2D eigenvalue weighted by Gasteiger charge is 2.38. The van der Waals surface area contributed by atoms with Gasteiger partial charge in [-0.3, -0.25) is 9.69 Å². The van der Waals surface area contributed by atoms with E-state index in [-0.39, 0.29) is 11.9 Å². The molecule has 0 saturated carbocycles. The van der Waals surface area contributed by atoms with Crippen LogP contribution in [0, 0.1) is 0 Å². The quantitative estimate of drug-likeness (QED) is 0.927. The lowest BCUT2D eigenvalue weighted by Crippen LogP contribution is -2.45. The Morgan fingerprint density at radius 1 is 1.21 bits per heavy atom. The molecule has 1 amide bonds. The number of carbonyl (C=O) groups is 1. The van der Waals surface area contributed by atoms with E-state index in [0.29, 0.717) is 19.5 Å². The normalized spacial score (nSPS) is 24.1. The van der Waals surface area contributed by atoms with Gasteiger partial charge in [-0.15, -0.1) is 0 Å². The van der Waals surface area contributed by atoms with E-state index in [2.05, 4.69) is 29.2 Å². The van der Waals surface area contributed by atoms with E-state index in [4.69, 9.17) is 0 Å². The molecule has 0 aliphatic carbocycles. The van der Waals surface area contributed by atoms with Crippen molar-refractivity contribution < 1.29 is 9.90 Å². The average Bonchev–Trinajstić information content (AvgIpc) is 3.24. The molecule has 1 aromatic carbocycles. The Bertz CT molecular complexity index is 716. The Hall–Kier alpha value is -1.69. The number of β-amino-alcohol motifs (C(OH)–C–C–N with tert-alkyl or cyclic N) is 1. The highest BCUT2D eigenvalue weighted by atomic mass is 32.1. The molecule has 4 rings (SSSR count). The summed E-state index contributed by atoms with van der Waals surface area (Å²) in [4.78, 5) is 16.7. The standard InChI is InChI=1S/C19H22N2O2S/c22-18-12-21(19(23)9-14-6-8-24-13-14)11-17(18)20-7-5-15-3-1-2-4-16(15)10-20/h1-4,6,8,13,17-18,22H,5,7,9-12H2/t17-,18-/m1/s1. The number of aliphatic hydroxyl groups excluding tert-OH is 1. The van der Waals surface area contributed by atoms with Crippen molar-refractivity contribution in [2.45, 2.75) is 31.5 Å². The SMILES string of the molecule is O=C(Cc1ccsc1)N1C[C@@H](O)[C@H](N2CCc3ccccc3C2)C1. The van der Waals surface area contributed by atoms with Crippen molar-refractivity contribution in [2.75, 3.05) is 19.6 Å². The maximum Gasteiger partial charge on any atom is 0.227 e. The molecule has 24 heavy (non-hydrogen) atoms. The predicted molar refractivity (Wildman–Crippen MR) is 95.0 cm³/mol. The van der Waals surface area contributed by atoms with Gasteiger partial charge in [-0.2, -0.15) is 11.3 Å². The van der Waals surface area contributed by atoms with Crippen LogP contribution in [0.1, 0.15) is 16.7 Å². The number of carbonyl (C=O) groups excluding carboxylic acids is 1. The van der Waals surface area contributed by atoms with E-state index in [1.54, 1.807) is 11.3 Å². The molecule has 3 heterocycles. The largest absolute Gasteiger partial charge is 0.390 e. The predicted octanol–water partition coefficient (Wildman–Crippen LogP) is 1.92. The summed E-state index contributed by atoms with van der Waals surface area (Å²) in [7, 11) is 0. The number of nitrogens with zero attached hydrogens (tertiary/aromatic N) is 2. The second-order valence-corrected chi connectivity index (χ2v) is 7.51. The van der Waals surface area contributed by atoms with Crippen LogP contribution >= 0.6 is 11.3 Å². The molecule has 1 saturated heterocycles. The first-order valence-corrected chi connectivity index (χ1v) is 9.43. The van der Waals surface area contributed by atoms with E-state index in [1.807, 2.05) is 21.7 Å². The Kier molecular flexibility index (Phi) is 4.39. The molecule has 0 radical (unpaired) electrons. The number of hydrogen-bond donors (Lipinski definition) is 1. The molecule has 0 bridgehead atoms. The van der Waals surface area contributed by atoms with E-state index >= 15 is 0 Å². The van der Waals surface area contributed by atoms with Crippen molar-refractivity contribution in [1.82, 2.24) is 9.80 Å². The van der Waals surface area contributed by atoms with Crippen molar-refractivity contribution in [3.05, 3.63) is 57.8 Å². The lowest BCUT2D eigenvalue weighted by atomic mass is 9.98. The van der Waals surface area contributed by atoms with Gasteiger partial charge in [0, 0.05) is 26.2 Å². The smallest absolute Gasteiger partial charge is 0.227 e. The van der Waals surface area contributed by atoms with Gasteiger partial charge in [0.15, 0.2) is 0 Å². The number of benzene rings is 1. The summed E-state index contributed by atoms with van der Waals surface area (Å²) in [6, 6.07) is 10.6. The van der Waals surface area contributed by atoms with Crippen LogP contribution in [0.5, 0.6) is 0 Å². The van der Waals surface area contributed by atoms with Gasteiger partial charge in [-0.05, 0) is 39.9 Å². The van der Waals surface area contributed by atoms with Crippen LogP contribution in [0.15, 0.2) is 41.1 Å². The zero-order chi connectivity index (χ0) is 16.5. The number of hydrogen-bond acceptors (Lipinski definition) is 4. The van der Waals surface area contributed by atoms with E-state index < -0.39 is 6.10 Å². The number of thiophene rings is 1. The minimum atomic E-state index is -0.457. The highest BCUT2D eigenvalue weighted by molar-refractivity contribution is 7.08. The minimum Gasteiger partial charge on any atom is -0.390 e. The fraction of sp³-hybridized carbons (Fsp3) is 0.421. The van der Waals surface area contributed by atoms with Crippen molar-refractivity contribution in [2.24, 2.45) is 0 Å². The molecule has 0 unspecified atom stereocenters. The third-order valence-electron chi connectivity index (χ3n) is 5.18. The number of amides is 1. The van der Waals surface area contributed by atoms with Gasteiger partial charge in [-0.1, -0.05) is 24.3 Å². The van der Waals surface area contributed by atoms with Gasteiger partial charge in [0.05, 0.1) is 18.6 Å². The first-order valence-electron chi connectivity index (χ1n) is 8.48. The lowest BCUT2D eigenvalue weighted by Gasteiger charge is -2.34. The molecule has 5 heteroatoms. The van der Waals surface area contributed by atoms with Crippen LogP contribution < -0.4 is 0 Å². The number of likely N-dealkylation sites (tertiary alicyclic amines) is 1. The highest BCUT2D eigenvalue weighted by Crippen LogP contribution is 2.25. The zero-order valence-corrected chi connectivity index (χ0v) is 14.4. The first-order chi connectivity index (χ1) is 11.7. The summed E-state index contributed by atoms with van der Waals surface area (Å²) in [5.41, 5.74) is 3.82. The monoisotopic (exact) mass is 342 g/mol. The number of fused-ring (bicyclic) bond motifs is 1. The Morgan fingerprint density at radius 2 is 2.04 bits per heavy atom. The van der Waals surface area contributed by atoms with Gasteiger partial charge in [0.2, 0.25) is 5.91 Å².